The number of rotatable bonds is 6. The lowest BCUT2D eigenvalue weighted by molar-refractivity contribution is -0.385. The van der Waals surface area contributed by atoms with Gasteiger partial charge in [0.2, 0.25) is 5.91 Å². The lowest BCUT2D eigenvalue weighted by Crippen LogP contribution is -2.24. The van der Waals surface area contributed by atoms with Crippen LogP contribution >= 0.6 is 23.2 Å². The number of anilines is 1. The van der Waals surface area contributed by atoms with Gasteiger partial charge in [-0.05, 0) is 25.5 Å². The number of benzene rings is 1. The number of carbonyl (C=O) groups excluding carboxylic acids is 1. The monoisotopic (exact) mass is 422 g/mol. The summed E-state index contributed by atoms with van der Waals surface area (Å²) in [7, 11) is 0. The van der Waals surface area contributed by atoms with Gasteiger partial charge in [0.05, 0.1) is 11.5 Å². The van der Waals surface area contributed by atoms with Gasteiger partial charge in [-0.15, -0.1) is 0 Å². The molecule has 0 aliphatic carbocycles. The SMILES string of the molecule is Cc1nn(C(C)C(=O)Nc2nn(Cc3ccccc3Cl)cc2Cl)cc1[N+](=O)[O-]. The summed E-state index contributed by atoms with van der Waals surface area (Å²) in [4.78, 5) is 22.9. The predicted molar refractivity (Wildman–Crippen MR) is 105 cm³/mol. The van der Waals surface area contributed by atoms with Crippen molar-refractivity contribution in [3.8, 4) is 0 Å². The Morgan fingerprint density at radius 2 is 1.96 bits per heavy atom. The van der Waals surface area contributed by atoms with E-state index < -0.39 is 16.9 Å². The average molecular weight is 423 g/mol. The zero-order valence-corrected chi connectivity index (χ0v) is 16.5. The number of nitrogens with one attached hydrogen (secondary N) is 1. The van der Waals surface area contributed by atoms with Crippen LogP contribution in [0, 0.1) is 17.0 Å². The number of hydrogen-bond donors (Lipinski definition) is 1. The van der Waals surface area contributed by atoms with Crippen LogP contribution in [-0.2, 0) is 11.3 Å². The fourth-order valence-corrected chi connectivity index (χ4v) is 2.95. The smallest absolute Gasteiger partial charge is 0.306 e. The minimum absolute atomic E-state index is 0.151. The van der Waals surface area contributed by atoms with Crippen LogP contribution in [0.3, 0.4) is 0 Å². The highest BCUT2D eigenvalue weighted by Crippen LogP contribution is 2.24. The van der Waals surface area contributed by atoms with Crippen LogP contribution in [0.1, 0.15) is 24.2 Å². The predicted octanol–water partition coefficient (Wildman–Crippen LogP) is 3.85. The Morgan fingerprint density at radius 3 is 2.61 bits per heavy atom. The number of nitro groups is 1. The van der Waals surface area contributed by atoms with Crippen molar-refractivity contribution >= 4 is 40.6 Å². The van der Waals surface area contributed by atoms with E-state index in [1.54, 1.807) is 23.9 Å². The molecule has 0 fully saturated rings. The number of hydrogen-bond acceptors (Lipinski definition) is 5. The van der Waals surface area contributed by atoms with Gasteiger partial charge in [0.15, 0.2) is 5.82 Å². The van der Waals surface area contributed by atoms with Gasteiger partial charge in [0.25, 0.3) is 0 Å². The van der Waals surface area contributed by atoms with Crippen LogP contribution in [0.25, 0.3) is 0 Å². The summed E-state index contributed by atoms with van der Waals surface area (Å²) < 4.78 is 2.80. The van der Waals surface area contributed by atoms with E-state index in [4.69, 9.17) is 23.2 Å². The van der Waals surface area contributed by atoms with E-state index in [2.05, 4.69) is 15.5 Å². The topological polar surface area (TPSA) is 108 Å². The summed E-state index contributed by atoms with van der Waals surface area (Å²) >= 11 is 12.3. The van der Waals surface area contributed by atoms with Crippen molar-refractivity contribution in [1.29, 1.82) is 0 Å². The molecule has 11 heteroatoms. The largest absolute Gasteiger partial charge is 0.309 e. The lowest BCUT2D eigenvalue weighted by atomic mass is 10.2. The molecule has 1 atom stereocenters. The molecular weight excluding hydrogens is 407 g/mol. The quantitative estimate of drug-likeness (QED) is 0.479. The molecule has 3 rings (SSSR count). The summed E-state index contributed by atoms with van der Waals surface area (Å²) in [5.41, 5.74) is 0.933. The van der Waals surface area contributed by atoms with Crippen LogP contribution in [0.2, 0.25) is 10.0 Å². The van der Waals surface area contributed by atoms with Gasteiger partial charge in [-0.3, -0.25) is 24.3 Å². The molecule has 0 bridgehead atoms. The maximum Gasteiger partial charge on any atom is 0.309 e. The Labute approximate surface area is 170 Å². The molecule has 0 saturated heterocycles. The Morgan fingerprint density at radius 1 is 1.25 bits per heavy atom. The number of aromatic nitrogens is 4. The fourth-order valence-electron chi connectivity index (χ4n) is 2.55. The molecule has 0 radical (unpaired) electrons. The number of nitrogens with zero attached hydrogens (tertiary/aromatic N) is 5. The maximum absolute atomic E-state index is 12.5. The van der Waals surface area contributed by atoms with E-state index in [0.717, 1.165) is 5.56 Å². The van der Waals surface area contributed by atoms with Crippen molar-refractivity contribution < 1.29 is 9.72 Å². The van der Waals surface area contributed by atoms with Crippen molar-refractivity contribution in [1.82, 2.24) is 19.6 Å². The molecule has 2 heterocycles. The van der Waals surface area contributed by atoms with E-state index in [-0.39, 0.29) is 22.2 Å². The summed E-state index contributed by atoms with van der Waals surface area (Å²) in [6.45, 7) is 3.46. The second-order valence-corrected chi connectivity index (χ2v) is 6.93. The first-order chi connectivity index (χ1) is 13.3. The number of amides is 1. The van der Waals surface area contributed by atoms with Crippen molar-refractivity contribution in [3.05, 3.63) is 68.1 Å². The zero-order valence-electron chi connectivity index (χ0n) is 15.0. The Balaban J connectivity index is 1.73. The maximum atomic E-state index is 12.5. The van der Waals surface area contributed by atoms with Crippen LogP contribution in [0.5, 0.6) is 0 Å². The molecule has 0 aliphatic heterocycles. The molecule has 2 aromatic heterocycles. The lowest BCUT2D eigenvalue weighted by Gasteiger charge is -2.11. The van der Waals surface area contributed by atoms with E-state index in [0.29, 0.717) is 11.6 Å². The number of halogens is 2. The molecule has 1 aromatic carbocycles. The van der Waals surface area contributed by atoms with Crippen LogP contribution in [0.15, 0.2) is 36.7 Å². The number of carbonyl (C=O) groups is 1. The highest BCUT2D eigenvalue weighted by atomic mass is 35.5. The van der Waals surface area contributed by atoms with E-state index in [9.17, 15) is 14.9 Å². The van der Waals surface area contributed by atoms with Crippen molar-refractivity contribution in [2.24, 2.45) is 0 Å². The first-order valence-electron chi connectivity index (χ1n) is 8.23. The van der Waals surface area contributed by atoms with Gasteiger partial charge in [0.1, 0.15) is 23.0 Å². The van der Waals surface area contributed by atoms with Crippen molar-refractivity contribution in [2.75, 3.05) is 5.32 Å². The Hall–Kier alpha value is -2.91. The van der Waals surface area contributed by atoms with Crippen LogP contribution in [0.4, 0.5) is 11.5 Å². The highest BCUT2D eigenvalue weighted by molar-refractivity contribution is 6.33. The number of aryl methyl sites for hydroxylation is 1. The fraction of sp³-hybridized carbons (Fsp3) is 0.235. The normalized spacial score (nSPS) is 12.0. The molecule has 1 N–H and O–H groups in total. The third-order valence-corrected chi connectivity index (χ3v) is 4.76. The van der Waals surface area contributed by atoms with E-state index in [1.165, 1.54) is 17.8 Å². The third-order valence-electron chi connectivity index (χ3n) is 4.11. The van der Waals surface area contributed by atoms with Crippen molar-refractivity contribution in [2.45, 2.75) is 26.4 Å². The molecule has 1 unspecified atom stereocenters. The Bertz CT molecular complexity index is 1050. The van der Waals surface area contributed by atoms with Gasteiger partial charge in [0, 0.05) is 11.2 Å². The van der Waals surface area contributed by atoms with Gasteiger partial charge in [-0.2, -0.15) is 10.2 Å². The van der Waals surface area contributed by atoms with Crippen LogP contribution in [-0.4, -0.2) is 30.4 Å². The second kappa shape index (κ2) is 7.99. The van der Waals surface area contributed by atoms with Gasteiger partial charge < -0.3 is 5.32 Å². The van der Waals surface area contributed by atoms with Gasteiger partial charge in [-0.25, -0.2) is 0 Å². The molecule has 9 nitrogen and oxygen atoms in total. The minimum atomic E-state index is -0.794. The van der Waals surface area contributed by atoms with Gasteiger partial charge in [-0.1, -0.05) is 41.4 Å². The first-order valence-corrected chi connectivity index (χ1v) is 8.99. The van der Waals surface area contributed by atoms with Crippen LogP contribution < -0.4 is 5.32 Å². The van der Waals surface area contributed by atoms with E-state index >= 15 is 0 Å². The summed E-state index contributed by atoms with van der Waals surface area (Å²) in [6, 6.07) is 6.54. The minimum Gasteiger partial charge on any atom is -0.306 e. The standard InChI is InChI=1S/C17H16Cl2N6O3/c1-10-15(25(27)28)9-24(21-10)11(2)17(26)20-16-14(19)8-23(22-16)7-12-5-3-4-6-13(12)18/h3-6,8-9,11H,7H2,1-2H3,(H,20,22,26). The molecule has 0 saturated carbocycles. The molecule has 1 amide bonds. The molecule has 3 aromatic rings. The summed E-state index contributed by atoms with van der Waals surface area (Å²) in [5.74, 6) is -0.272. The highest BCUT2D eigenvalue weighted by Gasteiger charge is 2.23. The first kappa shape index (κ1) is 19.8. The second-order valence-electron chi connectivity index (χ2n) is 6.12. The molecule has 0 spiro atoms. The molecule has 28 heavy (non-hydrogen) atoms. The van der Waals surface area contributed by atoms with Gasteiger partial charge >= 0.3 is 5.69 Å². The van der Waals surface area contributed by atoms with E-state index in [1.807, 2.05) is 18.2 Å². The third kappa shape index (κ3) is 4.15. The molecule has 146 valence electrons. The van der Waals surface area contributed by atoms with Crippen molar-refractivity contribution in [3.63, 3.8) is 0 Å². The summed E-state index contributed by atoms with van der Waals surface area (Å²) in [5, 5.41) is 22.7. The zero-order chi connectivity index (χ0) is 20.4. The Kier molecular flexibility index (Phi) is 5.66. The molecule has 0 aliphatic rings. The average Bonchev–Trinajstić information content (AvgIpc) is 3.19. The molecular formula is C17H16Cl2N6O3. The summed E-state index contributed by atoms with van der Waals surface area (Å²) in [6.07, 6.45) is 2.80.